The van der Waals surface area contributed by atoms with Crippen molar-refractivity contribution in [2.24, 2.45) is 0 Å². The van der Waals surface area contributed by atoms with Crippen molar-refractivity contribution in [3.05, 3.63) is 71.6 Å². The van der Waals surface area contributed by atoms with Gasteiger partial charge in [-0.25, -0.2) is 14.6 Å². The molecule has 9 heteroatoms. The van der Waals surface area contributed by atoms with Crippen LogP contribution in [0.1, 0.15) is 46.3 Å². The summed E-state index contributed by atoms with van der Waals surface area (Å²) in [6, 6.07) is 11.3. The molecule has 1 aliphatic carbocycles. The summed E-state index contributed by atoms with van der Waals surface area (Å²) in [6.45, 7) is 2.41. The van der Waals surface area contributed by atoms with Crippen molar-refractivity contribution in [3.63, 3.8) is 0 Å². The predicted octanol–water partition coefficient (Wildman–Crippen LogP) is 3.77. The molecule has 1 N–H and O–H groups in total. The van der Waals surface area contributed by atoms with Gasteiger partial charge in [0.05, 0.1) is 29.7 Å². The fraction of sp³-hybridized carbons (Fsp3) is 0.250. The third kappa shape index (κ3) is 3.71. The van der Waals surface area contributed by atoms with Crippen molar-refractivity contribution in [2.75, 3.05) is 6.79 Å². The zero-order valence-corrected chi connectivity index (χ0v) is 17.9. The van der Waals surface area contributed by atoms with Gasteiger partial charge in [-0.3, -0.25) is 4.79 Å². The maximum Gasteiger partial charge on any atom is 0.255 e. The average molecular weight is 443 g/mol. The molecule has 6 rings (SSSR count). The van der Waals surface area contributed by atoms with Gasteiger partial charge in [0.1, 0.15) is 11.5 Å². The molecule has 0 radical (unpaired) electrons. The van der Waals surface area contributed by atoms with Gasteiger partial charge in [-0.15, -0.1) is 0 Å². The first-order chi connectivity index (χ1) is 16.2. The number of aromatic nitrogens is 4. The second kappa shape index (κ2) is 7.77. The SMILES string of the molecule is Cc1ccc(CNC(=O)c2cnn(-c3nccc(-c4ccc5c(c4)OCO5)n3)c2C2CC2)o1. The number of ether oxygens (including phenoxy) is 2. The first-order valence-electron chi connectivity index (χ1n) is 10.8. The molecule has 1 amide bonds. The molecule has 1 aliphatic heterocycles. The lowest BCUT2D eigenvalue weighted by Crippen LogP contribution is -2.23. The largest absolute Gasteiger partial charge is 0.465 e. The van der Waals surface area contributed by atoms with Crippen LogP contribution in [0.5, 0.6) is 11.5 Å². The minimum Gasteiger partial charge on any atom is -0.465 e. The monoisotopic (exact) mass is 443 g/mol. The van der Waals surface area contributed by atoms with Crippen LogP contribution in [0.4, 0.5) is 0 Å². The maximum atomic E-state index is 12.9. The van der Waals surface area contributed by atoms with Crippen LogP contribution in [0.2, 0.25) is 0 Å². The van der Waals surface area contributed by atoms with E-state index in [4.69, 9.17) is 18.9 Å². The second-order valence-corrected chi connectivity index (χ2v) is 8.13. The number of amides is 1. The van der Waals surface area contributed by atoms with E-state index in [2.05, 4.69) is 15.4 Å². The van der Waals surface area contributed by atoms with E-state index in [0.29, 0.717) is 29.6 Å². The summed E-state index contributed by atoms with van der Waals surface area (Å²) in [4.78, 5) is 22.1. The van der Waals surface area contributed by atoms with Crippen molar-refractivity contribution in [2.45, 2.75) is 32.2 Å². The Labute approximate surface area is 189 Å². The zero-order chi connectivity index (χ0) is 22.4. The number of carbonyl (C=O) groups excluding carboxylic acids is 1. The summed E-state index contributed by atoms with van der Waals surface area (Å²) in [5.41, 5.74) is 2.99. The number of rotatable bonds is 6. The highest BCUT2D eigenvalue weighted by atomic mass is 16.7. The van der Waals surface area contributed by atoms with Crippen LogP contribution in [-0.4, -0.2) is 32.4 Å². The molecule has 0 spiro atoms. The van der Waals surface area contributed by atoms with Crippen molar-refractivity contribution in [1.82, 2.24) is 25.1 Å². The second-order valence-electron chi connectivity index (χ2n) is 8.13. The minimum absolute atomic E-state index is 0.191. The fourth-order valence-electron chi connectivity index (χ4n) is 3.95. The average Bonchev–Trinajstić information content (AvgIpc) is 3.22. The van der Waals surface area contributed by atoms with E-state index in [1.165, 1.54) is 0 Å². The minimum atomic E-state index is -0.191. The Morgan fingerprint density at radius 3 is 2.85 bits per heavy atom. The van der Waals surface area contributed by atoms with Crippen LogP contribution < -0.4 is 14.8 Å². The Hall–Kier alpha value is -4.14. The number of fused-ring (bicyclic) bond motifs is 1. The van der Waals surface area contributed by atoms with Crippen molar-refractivity contribution >= 4 is 5.91 Å². The molecule has 0 saturated heterocycles. The van der Waals surface area contributed by atoms with Gasteiger partial charge in [-0.2, -0.15) is 5.10 Å². The number of aryl methyl sites for hydroxylation is 1. The number of carbonyl (C=O) groups is 1. The molecule has 0 unspecified atom stereocenters. The summed E-state index contributed by atoms with van der Waals surface area (Å²) in [7, 11) is 0. The molecular weight excluding hydrogens is 422 g/mol. The van der Waals surface area contributed by atoms with E-state index in [1.54, 1.807) is 17.1 Å². The Bertz CT molecular complexity index is 1350. The first kappa shape index (κ1) is 19.5. The lowest BCUT2D eigenvalue weighted by atomic mass is 10.1. The molecule has 9 nitrogen and oxygen atoms in total. The van der Waals surface area contributed by atoms with Gasteiger partial charge >= 0.3 is 0 Å². The molecule has 3 aromatic heterocycles. The van der Waals surface area contributed by atoms with Crippen LogP contribution in [0.3, 0.4) is 0 Å². The highest BCUT2D eigenvalue weighted by Gasteiger charge is 2.33. The molecule has 0 atom stereocenters. The van der Waals surface area contributed by atoms with Crippen molar-refractivity contribution < 1.29 is 18.7 Å². The molecule has 1 fully saturated rings. The Kier molecular flexibility index (Phi) is 4.60. The van der Waals surface area contributed by atoms with Crippen LogP contribution in [0.15, 0.2) is 53.2 Å². The van der Waals surface area contributed by atoms with Crippen molar-refractivity contribution in [1.29, 1.82) is 0 Å². The van der Waals surface area contributed by atoms with E-state index in [1.807, 2.05) is 43.3 Å². The lowest BCUT2D eigenvalue weighted by Gasteiger charge is -2.09. The van der Waals surface area contributed by atoms with Crippen LogP contribution in [0, 0.1) is 6.92 Å². The van der Waals surface area contributed by atoms with E-state index in [9.17, 15) is 4.79 Å². The molecule has 2 aliphatic rings. The predicted molar refractivity (Wildman–Crippen MR) is 117 cm³/mol. The summed E-state index contributed by atoms with van der Waals surface area (Å²) >= 11 is 0. The Balaban J connectivity index is 1.30. The van der Waals surface area contributed by atoms with E-state index in [0.717, 1.165) is 41.3 Å². The molecule has 1 saturated carbocycles. The lowest BCUT2D eigenvalue weighted by molar-refractivity contribution is 0.0947. The van der Waals surface area contributed by atoms with E-state index in [-0.39, 0.29) is 18.6 Å². The fourth-order valence-corrected chi connectivity index (χ4v) is 3.95. The number of hydrogen-bond acceptors (Lipinski definition) is 7. The summed E-state index contributed by atoms with van der Waals surface area (Å²) in [6.07, 6.45) is 5.29. The Morgan fingerprint density at radius 2 is 2.03 bits per heavy atom. The highest BCUT2D eigenvalue weighted by Crippen LogP contribution is 2.42. The summed E-state index contributed by atoms with van der Waals surface area (Å²) < 4.78 is 18.1. The van der Waals surface area contributed by atoms with Crippen LogP contribution in [0.25, 0.3) is 17.2 Å². The Morgan fingerprint density at radius 1 is 1.15 bits per heavy atom. The van der Waals surface area contributed by atoms with Gasteiger partial charge in [0.2, 0.25) is 6.79 Å². The van der Waals surface area contributed by atoms with Gasteiger partial charge in [-0.1, -0.05) is 0 Å². The number of nitrogens with one attached hydrogen (secondary N) is 1. The van der Waals surface area contributed by atoms with Gasteiger partial charge in [0, 0.05) is 17.7 Å². The van der Waals surface area contributed by atoms with Crippen LogP contribution in [-0.2, 0) is 6.54 Å². The number of benzene rings is 1. The molecular formula is C24H21N5O4. The molecule has 33 heavy (non-hydrogen) atoms. The van der Waals surface area contributed by atoms with Gasteiger partial charge < -0.3 is 19.2 Å². The van der Waals surface area contributed by atoms with Gasteiger partial charge in [0.15, 0.2) is 11.5 Å². The van der Waals surface area contributed by atoms with E-state index < -0.39 is 0 Å². The van der Waals surface area contributed by atoms with Crippen molar-refractivity contribution in [3.8, 4) is 28.7 Å². The topological polar surface area (TPSA) is 104 Å². The molecule has 166 valence electrons. The first-order valence-corrected chi connectivity index (χ1v) is 10.8. The molecule has 4 aromatic rings. The van der Waals surface area contributed by atoms with Gasteiger partial charge in [0.25, 0.3) is 11.9 Å². The third-order valence-electron chi connectivity index (χ3n) is 5.73. The smallest absolute Gasteiger partial charge is 0.255 e. The summed E-state index contributed by atoms with van der Waals surface area (Å²) in [5.74, 6) is 3.42. The quantitative estimate of drug-likeness (QED) is 0.484. The molecule has 0 bridgehead atoms. The van der Waals surface area contributed by atoms with Crippen LogP contribution >= 0.6 is 0 Å². The normalized spacial score (nSPS) is 14.5. The molecule has 1 aromatic carbocycles. The van der Waals surface area contributed by atoms with E-state index >= 15 is 0 Å². The van der Waals surface area contributed by atoms with Gasteiger partial charge in [-0.05, 0) is 56.2 Å². The maximum absolute atomic E-state index is 12.9. The highest BCUT2D eigenvalue weighted by molar-refractivity contribution is 5.95. The third-order valence-corrected chi connectivity index (χ3v) is 5.73. The number of hydrogen-bond donors (Lipinski definition) is 1. The standard InChI is InChI=1S/C24H21N5O4/c1-14-2-6-17(33-14)11-26-23(30)18-12-27-29(22(18)15-3-4-15)24-25-9-8-19(28-24)16-5-7-20-21(10-16)32-13-31-20/h2,5-10,12,15H,3-4,11,13H2,1H3,(H,26,30). The number of furan rings is 1. The number of nitrogens with zero attached hydrogens (tertiary/aromatic N) is 4. The zero-order valence-electron chi connectivity index (χ0n) is 17.9. The summed E-state index contributed by atoms with van der Waals surface area (Å²) in [5, 5.41) is 7.41. The molecule has 4 heterocycles.